The minimum Gasteiger partial charge on any atom is -0.348 e. The number of sulfone groups is 1. The topological polar surface area (TPSA) is 107 Å². The minimum atomic E-state index is -4.50. The number of aromatic nitrogens is 4. The predicted octanol–water partition coefficient (Wildman–Crippen LogP) is 1.05. The molecule has 1 fully saturated rings. The van der Waals surface area contributed by atoms with Crippen molar-refractivity contribution in [2.75, 3.05) is 11.5 Å². The molecule has 1 aromatic heterocycles. The molecule has 1 N–H and O–H groups in total. The molecule has 1 aliphatic rings. The third-order valence-electron chi connectivity index (χ3n) is 4.13. The van der Waals surface area contributed by atoms with Gasteiger partial charge in [-0.05, 0) is 30.7 Å². The van der Waals surface area contributed by atoms with Gasteiger partial charge in [0.05, 0.1) is 22.6 Å². The highest BCUT2D eigenvalue weighted by Gasteiger charge is 2.39. The average molecular weight is 403 g/mol. The van der Waals surface area contributed by atoms with E-state index in [4.69, 9.17) is 0 Å². The van der Waals surface area contributed by atoms with Gasteiger partial charge in [0, 0.05) is 5.56 Å². The fraction of sp³-hybridized carbons (Fsp3) is 0.467. The summed E-state index contributed by atoms with van der Waals surface area (Å²) in [5.74, 6) is -0.706. The summed E-state index contributed by atoms with van der Waals surface area (Å²) < 4.78 is 61.5. The Labute approximate surface area is 152 Å². The number of alkyl halides is 3. The lowest BCUT2D eigenvalue weighted by Gasteiger charge is -2.23. The summed E-state index contributed by atoms with van der Waals surface area (Å²) in [6, 6.07) is 4.46. The Bertz CT molecular complexity index is 973. The van der Waals surface area contributed by atoms with Crippen molar-refractivity contribution in [3.05, 3.63) is 29.8 Å². The first kappa shape index (κ1) is 19.3. The minimum absolute atomic E-state index is 0.00501. The number of benzene rings is 1. The van der Waals surface area contributed by atoms with Crippen LogP contribution < -0.4 is 5.32 Å². The summed E-state index contributed by atoms with van der Waals surface area (Å²) in [6.45, 7) is 1.31. The molecule has 8 nitrogen and oxygen atoms in total. The van der Waals surface area contributed by atoms with E-state index in [1.807, 2.05) is 0 Å². The second-order valence-corrected chi connectivity index (χ2v) is 8.86. The molecule has 1 amide bonds. The molecule has 0 saturated carbocycles. The average Bonchev–Trinajstić information content (AvgIpc) is 3.10. The third kappa shape index (κ3) is 4.62. The van der Waals surface area contributed by atoms with E-state index in [2.05, 4.69) is 20.7 Å². The van der Waals surface area contributed by atoms with Gasteiger partial charge in [-0.3, -0.25) is 4.79 Å². The van der Waals surface area contributed by atoms with Gasteiger partial charge in [-0.1, -0.05) is 12.1 Å². The number of halogens is 3. The molecule has 1 aromatic carbocycles. The van der Waals surface area contributed by atoms with Gasteiger partial charge in [0.1, 0.15) is 6.54 Å². The number of rotatable bonds is 4. The maximum absolute atomic E-state index is 12.8. The highest BCUT2D eigenvalue weighted by Crippen LogP contribution is 2.31. The summed E-state index contributed by atoms with van der Waals surface area (Å²) in [7, 11) is -3.18. The normalized spacial score (nSPS) is 21.9. The van der Waals surface area contributed by atoms with Crippen LogP contribution in [0.25, 0.3) is 11.4 Å². The Hall–Kier alpha value is -2.50. The summed E-state index contributed by atoms with van der Waals surface area (Å²) >= 11 is 0. The Morgan fingerprint density at radius 1 is 1.37 bits per heavy atom. The number of carbonyl (C=O) groups excluding carboxylic acids is 1. The van der Waals surface area contributed by atoms with Crippen LogP contribution in [0, 0.1) is 0 Å². The van der Waals surface area contributed by atoms with Crippen molar-refractivity contribution in [1.82, 2.24) is 25.5 Å². The van der Waals surface area contributed by atoms with E-state index in [1.165, 1.54) is 12.1 Å². The lowest BCUT2D eigenvalue weighted by molar-refractivity contribution is -0.137. The lowest BCUT2D eigenvalue weighted by Crippen LogP contribution is -2.48. The molecule has 1 aliphatic heterocycles. The molecular weight excluding hydrogens is 387 g/mol. The fourth-order valence-corrected chi connectivity index (χ4v) is 4.97. The van der Waals surface area contributed by atoms with Crippen LogP contribution in [0.5, 0.6) is 0 Å². The molecule has 27 heavy (non-hydrogen) atoms. The van der Waals surface area contributed by atoms with Gasteiger partial charge in [0.2, 0.25) is 11.7 Å². The van der Waals surface area contributed by atoms with Crippen molar-refractivity contribution in [2.45, 2.75) is 31.6 Å². The fourth-order valence-electron chi connectivity index (χ4n) is 2.87. The second-order valence-electron chi connectivity index (χ2n) is 6.67. The highest BCUT2D eigenvalue weighted by molar-refractivity contribution is 7.91. The summed E-state index contributed by atoms with van der Waals surface area (Å²) in [5.41, 5.74) is -1.59. The Morgan fingerprint density at radius 2 is 2.11 bits per heavy atom. The van der Waals surface area contributed by atoms with Crippen molar-refractivity contribution < 1.29 is 26.4 Å². The first-order valence-corrected chi connectivity index (χ1v) is 9.75. The van der Waals surface area contributed by atoms with E-state index < -0.39 is 33.0 Å². The molecular formula is C15H16F3N5O3S. The molecule has 2 heterocycles. The monoisotopic (exact) mass is 403 g/mol. The molecule has 146 valence electrons. The van der Waals surface area contributed by atoms with Crippen LogP contribution in [0.1, 0.15) is 18.9 Å². The van der Waals surface area contributed by atoms with Gasteiger partial charge in [0.15, 0.2) is 9.84 Å². The molecule has 12 heteroatoms. The number of carbonyl (C=O) groups is 1. The largest absolute Gasteiger partial charge is 0.416 e. The van der Waals surface area contributed by atoms with Crippen molar-refractivity contribution in [3.8, 4) is 11.4 Å². The standard InChI is InChI=1S/C15H16F3N5O3S/c1-14(5-6-27(25,26)9-14)19-12(24)8-23-21-13(20-22-23)10-3-2-4-11(7-10)15(16,17)18/h2-4,7H,5-6,8-9H2,1H3,(H,19,24). The molecule has 2 aromatic rings. The number of nitrogens with zero attached hydrogens (tertiary/aromatic N) is 4. The van der Waals surface area contributed by atoms with Gasteiger partial charge in [-0.25, -0.2) is 8.42 Å². The van der Waals surface area contributed by atoms with Crippen LogP contribution in [0.15, 0.2) is 24.3 Å². The molecule has 1 saturated heterocycles. The maximum atomic E-state index is 12.8. The molecule has 3 rings (SSSR count). The number of tetrazole rings is 1. The van der Waals surface area contributed by atoms with Gasteiger partial charge in [-0.2, -0.15) is 18.0 Å². The van der Waals surface area contributed by atoms with Crippen molar-refractivity contribution in [1.29, 1.82) is 0 Å². The van der Waals surface area contributed by atoms with Crippen LogP contribution in [0.2, 0.25) is 0 Å². The Kier molecular flexibility index (Phi) is 4.70. The zero-order valence-corrected chi connectivity index (χ0v) is 15.0. The smallest absolute Gasteiger partial charge is 0.348 e. The third-order valence-corrected chi connectivity index (χ3v) is 6.03. The lowest BCUT2D eigenvalue weighted by atomic mass is 10.0. The van der Waals surface area contributed by atoms with E-state index in [0.717, 1.165) is 16.9 Å². The summed E-state index contributed by atoms with van der Waals surface area (Å²) in [6.07, 6.45) is -4.19. The van der Waals surface area contributed by atoms with E-state index in [0.29, 0.717) is 6.42 Å². The number of amides is 1. The highest BCUT2D eigenvalue weighted by atomic mass is 32.2. The zero-order valence-electron chi connectivity index (χ0n) is 14.2. The van der Waals surface area contributed by atoms with E-state index >= 15 is 0 Å². The quantitative estimate of drug-likeness (QED) is 0.818. The van der Waals surface area contributed by atoms with Crippen molar-refractivity contribution in [2.24, 2.45) is 0 Å². The van der Waals surface area contributed by atoms with Gasteiger partial charge in [0.25, 0.3) is 0 Å². The summed E-state index contributed by atoms with van der Waals surface area (Å²) in [4.78, 5) is 13.1. The molecule has 0 aliphatic carbocycles. The van der Waals surface area contributed by atoms with Crippen molar-refractivity contribution >= 4 is 15.7 Å². The van der Waals surface area contributed by atoms with E-state index in [-0.39, 0.29) is 29.4 Å². The number of hydrogen-bond acceptors (Lipinski definition) is 6. The molecule has 0 bridgehead atoms. The molecule has 1 unspecified atom stereocenters. The molecule has 0 radical (unpaired) electrons. The van der Waals surface area contributed by atoms with Gasteiger partial charge >= 0.3 is 6.18 Å². The molecule has 0 spiro atoms. The Morgan fingerprint density at radius 3 is 2.74 bits per heavy atom. The van der Waals surface area contributed by atoms with Gasteiger partial charge < -0.3 is 5.32 Å². The number of nitrogens with one attached hydrogen (secondary N) is 1. The van der Waals surface area contributed by atoms with E-state index in [1.54, 1.807) is 6.92 Å². The summed E-state index contributed by atoms with van der Waals surface area (Å²) in [5, 5.41) is 13.9. The van der Waals surface area contributed by atoms with Crippen LogP contribution in [0.3, 0.4) is 0 Å². The van der Waals surface area contributed by atoms with Crippen LogP contribution in [-0.2, 0) is 27.4 Å². The first-order valence-electron chi connectivity index (χ1n) is 7.93. The van der Waals surface area contributed by atoms with E-state index in [9.17, 15) is 26.4 Å². The first-order chi connectivity index (χ1) is 12.5. The number of hydrogen-bond donors (Lipinski definition) is 1. The maximum Gasteiger partial charge on any atom is 0.416 e. The predicted molar refractivity (Wildman–Crippen MR) is 88.1 cm³/mol. The SMILES string of the molecule is CC1(NC(=O)Cn2nnc(-c3cccc(C(F)(F)F)c3)n2)CCS(=O)(=O)C1. The Balaban J connectivity index is 1.69. The van der Waals surface area contributed by atoms with Crippen LogP contribution in [0.4, 0.5) is 13.2 Å². The van der Waals surface area contributed by atoms with Crippen LogP contribution >= 0.6 is 0 Å². The molecule has 1 atom stereocenters. The van der Waals surface area contributed by atoms with Gasteiger partial charge in [-0.15, -0.1) is 10.2 Å². The second kappa shape index (κ2) is 6.59. The van der Waals surface area contributed by atoms with Crippen LogP contribution in [-0.4, -0.2) is 51.6 Å². The zero-order chi connectivity index (χ0) is 19.9. The van der Waals surface area contributed by atoms with Crippen molar-refractivity contribution in [3.63, 3.8) is 0 Å².